The van der Waals surface area contributed by atoms with Crippen molar-refractivity contribution >= 4 is 11.8 Å². The Bertz CT molecular complexity index is 824. The molecule has 5 nitrogen and oxygen atoms in total. The van der Waals surface area contributed by atoms with Gasteiger partial charge in [-0.15, -0.1) is 0 Å². The zero-order chi connectivity index (χ0) is 19.9. The summed E-state index contributed by atoms with van der Waals surface area (Å²) in [5, 5.41) is 2.90. The Morgan fingerprint density at radius 2 is 1.71 bits per heavy atom. The normalized spacial score (nSPS) is 13.4. The second kappa shape index (κ2) is 9.40. The lowest BCUT2D eigenvalue weighted by atomic mass is 10.1. The molecule has 1 fully saturated rings. The van der Waals surface area contributed by atoms with E-state index in [1.165, 1.54) is 11.1 Å². The second-order valence-corrected chi connectivity index (χ2v) is 7.32. The molecule has 148 valence electrons. The van der Waals surface area contributed by atoms with E-state index >= 15 is 0 Å². The molecule has 0 radical (unpaired) electrons. The van der Waals surface area contributed by atoms with Crippen LogP contribution < -0.4 is 10.1 Å². The monoisotopic (exact) mass is 380 g/mol. The number of nitrogens with one attached hydrogen (secondary N) is 1. The average Bonchev–Trinajstić information content (AvgIpc) is 3.24. The van der Waals surface area contributed by atoms with Gasteiger partial charge in [0.05, 0.1) is 13.0 Å². The van der Waals surface area contributed by atoms with Crippen molar-refractivity contribution in [3.05, 3.63) is 64.7 Å². The molecule has 0 saturated carbocycles. The molecule has 0 aliphatic carbocycles. The summed E-state index contributed by atoms with van der Waals surface area (Å²) in [6.07, 6.45) is 2.48. The van der Waals surface area contributed by atoms with Crippen LogP contribution in [0.1, 0.15) is 46.3 Å². The molecule has 0 atom stereocenters. The van der Waals surface area contributed by atoms with E-state index in [2.05, 4.69) is 12.2 Å². The van der Waals surface area contributed by atoms with Crippen molar-refractivity contribution in [3.8, 4) is 5.75 Å². The Labute approximate surface area is 166 Å². The van der Waals surface area contributed by atoms with E-state index in [1.807, 2.05) is 54.3 Å². The first-order valence-corrected chi connectivity index (χ1v) is 9.88. The first-order chi connectivity index (χ1) is 13.5. The lowest BCUT2D eigenvalue weighted by Gasteiger charge is -2.15. The summed E-state index contributed by atoms with van der Waals surface area (Å²) in [4.78, 5) is 26.3. The number of rotatable bonds is 7. The lowest BCUT2D eigenvalue weighted by Crippen LogP contribution is -2.27. The van der Waals surface area contributed by atoms with Crippen LogP contribution in [0.5, 0.6) is 5.75 Å². The first-order valence-electron chi connectivity index (χ1n) is 9.88. The number of benzene rings is 2. The number of aryl methyl sites for hydroxylation is 2. The molecule has 2 amide bonds. The van der Waals surface area contributed by atoms with E-state index in [0.29, 0.717) is 25.1 Å². The quantitative estimate of drug-likeness (QED) is 0.798. The minimum absolute atomic E-state index is 0.0546. The summed E-state index contributed by atoms with van der Waals surface area (Å²) >= 11 is 0. The Kier molecular flexibility index (Phi) is 6.69. The summed E-state index contributed by atoms with van der Waals surface area (Å²) in [7, 11) is 0. The van der Waals surface area contributed by atoms with Crippen molar-refractivity contribution in [1.82, 2.24) is 10.2 Å². The highest BCUT2D eigenvalue weighted by Crippen LogP contribution is 2.16. The molecule has 1 N–H and O–H groups in total. The third kappa shape index (κ3) is 5.35. The van der Waals surface area contributed by atoms with Crippen molar-refractivity contribution in [3.63, 3.8) is 0 Å². The van der Waals surface area contributed by atoms with Gasteiger partial charge in [-0.1, -0.05) is 18.2 Å². The summed E-state index contributed by atoms with van der Waals surface area (Å²) in [6, 6.07) is 13.4. The van der Waals surface area contributed by atoms with Gasteiger partial charge < -0.3 is 15.0 Å². The van der Waals surface area contributed by atoms with Crippen LogP contribution in [0.4, 0.5) is 0 Å². The maximum absolute atomic E-state index is 12.3. The Morgan fingerprint density at radius 3 is 2.39 bits per heavy atom. The average molecular weight is 380 g/mol. The third-order valence-corrected chi connectivity index (χ3v) is 5.16. The van der Waals surface area contributed by atoms with Gasteiger partial charge >= 0.3 is 0 Å². The molecule has 1 heterocycles. The van der Waals surface area contributed by atoms with Crippen LogP contribution in [0.2, 0.25) is 0 Å². The van der Waals surface area contributed by atoms with Gasteiger partial charge in [0.1, 0.15) is 5.75 Å². The number of hydrogen-bond donors (Lipinski definition) is 1. The Hall–Kier alpha value is -2.82. The number of likely N-dealkylation sites (tertiary alicyclic amines) is 1. The summed E-state index contributed by atoms with van der Waals surface area (Å²) < 4.78 is 5.65. The highest BCUT2D eigenvalue weighted by atomic mass is 16.5. The van der Waals surface area contributed by atoms with Crippen LogP contribution in [-0.2, 0) is 11.3 Å². The molecular formula is C23H28N2O3. The first kappa shape index (κ1) is 19.9. The predicted molar refractivity (Wildman–Crippen MR) is 109 cm³/mol. The van der Waals surface area contributed by atoms with Crippen LogP contribution in [0.3, 0.4) is 0 Å². The number of hydrogen-bond acceptors (Lipinski definition) is 3. The highest BCUT2D eigenvalue weighted by Gasteiger charge is 2.19. The van der Waals surface area contributed by atoms with Crippen molar-refractivity contribution in [2.45, 2.75) is 39.7 Å². The second-order valence-electron chi connectivity index (χ2n) is 7.32. The molecule has 28 heavy (non-hydrogen) atoms. The zero-order valence-corrected chi connectivity index (χ0v) is 16.7. The minimum Gasteiger partial charge on any atom is -0.493 e. The van der Waals surface area contributed by atoms with E-state index in [4.69, 9.17) is 4.74 Å². The van der Waals surface area contributed by atoms with E-state index < -0.39 is 0 Å². The molecular weight excluding hydrogens is 352 g/mol. The molecule has 0 unspecified atom stereocenters. The van der Waals surface area contributed by atoms with Crippen molar-refractivity contribution in [2.75, 3.05) is 19.7 Å². The van der Waals surface area contributed by atoms with Crippen LogP contribution in [0.15, 0.2) is 42.5 Å². The van der Waals surface area contributed by atoms with E-state index in [-0.39, 0.29) is 11.8 Å². The molecule has 5 heteroatoms. The fourth-order valence-corrected chi connectivity index (χ4v) is 3.22. The minimum atomic E-state index is -0.0546. The van der Waals surface area contributed by atoms with Gasteiger partial charge in [0, 0.05) is 25.2 Å². The van der Waals surface area contributed by atoms with Crippen LogP contribution >= 0.6 is 0 Å². The van der Waals surface area contributed by atoms with Gasteiger partial charge in [0.25, 0.3) is 5.91 Å². The molecule has 0 aromatic heterocycles. The largest absolute Gasteiger partial charge is 0.493 e. The van der Waals surface area contributed by atoms with Crippen LogP contribution in [0.25, 0.3) is 0 Å². The topological polar surface area (TPSA) is 58.6 Å². The number of ether oxygens (including phenoxy) is 1. The maximum Gasteiger partial charge on any atom is 0.253 e. The number of carbonyl (C=O) groups is 2. The number of nitrogens with zero attached hydrogens (tertiary/aromatic N) is 1. The molecule has 0 spiro atoms. The highest BCUT2D eigenvalue weighted by molar-refractivity contribution is 5.94. The summed E-state index contributed by atoms with van der Waals surface area (Å²) in [6.45, 7) is 6.58. The van der Waals surface area contributed by atoms with E-state index in [9.17, 15) is 9.59 Å². The molecule has 1 aliphatic rings. The van der Waals surface area contributed by atoms with Crippen LogP contribution in [-0.4, -0.2) is 36.4 Å². The predicted octanol–water partition coefficient (Wildman–Crippen LogP) is 3.62. The SMILES string of the molecule is Cc1ccc(OCCC(=O)NCc2ccc(C(=O)N3CCCC3)cc2)cc1C. The van der Waals surface area contributed by atoms with Crippen molar-refractivity contribution in [1.29, 1.82) is 0 Å². The number of carbonyl (C=O) groups excluding carboxylic acids is 2. The smallest absolute Gasteiger partial charge is 0.253 e. The lowest BCUT2D eigenvalue weighted by molar-refractivity contribution is -0.121. The standard InChI is InChI=1S/C23H28N2O3/c1-17-5-10-21(15-18(17)2)28-14-11-22(26)24-16-19-6-8-20(9-7-19)23(27)25-12-3-4-13-25/h5-10,15H,3-4,11-14,16H2,1-2H3,(H,24,26). The van der Waals surface area contributed by atoms with E-state index in [0.717, 1.165) is 37.2 Å². The molecule has 2 aromatic carbocycles. The molecule has 1 aliphatic heterocycles. The van der Waals surface area contributed by atoms with Gasteiger partial charge in [-0.3, -0.25) is 9.59 Å². The van der Waals surface area contributed by atoms with Crippen LogP contribution in [0, 0.1) is 13.8 Å². The molecule has 1 saturated heterocycles. The van der Waals surface area contributed by atoms with Gasteiger partial charge in [0.2, 0.25) is 5.91 Å². The van der Waals surface area contributed by atoms with Gasteiger partial charge in [-0.25, -0.2) is 0 Å². The third-order valence-electron chi connectivity index (χ3n) is 5.16. The van der Waals surface area contributed by atoms with Gasteiger partial charge in [-0.05, 0) is 67.6 Å². The fraction of sp³-hybridized carbons (Fsp3) is 0.391. The molecule has 3 rings (SSSR count). The Balaban J connectivity index is 1.40. The van der Waals surface area contributed by atoms with E-state index in [1.54, 1.807) is 0 Å². The fourth-order valence-electron chi connectivity index (χ4n) is 3.22. The zero-order valence-electron chi connectivity index (χ0n) is 16.7. The van der Waals surface area contributed by atoms with Gasteiger partial charge in [-0.2, -0.15) is 0 Å². The van der Waals surface area contributed by atoms with Gasteiger partial charge in [0.15, 0.2) is 0 Å². The number of amides is 2. The molecule has 2 aromatic rings. The van der Waals surface area contributed by atoms with Crippen molar-refractivity contribution in [2.24, 2.45) is 0 Å². The summed E-state index contributed by atoms with van der Waals surface area (Å²) in [5.41, 5.74) is 4.08. The summed E-state index contributed by atoms with van der Waals surface area (Å²) in [5.74, 6) is 0.826. The Morgan fingerprint density at radius 1 is 1.00 bits per heavy atom. The maximum atomic E-state index is 12.3. The molecule has 0 bridgehead atoms. The van der Waals surface area contributed by atoms with Crippen molar-refractivity contribution < 1.29 is 14.3 Å².